The van der Waals surface area contributed by atoms with Crippen LogP contribution in [0.15, 0.2) is 24.3 Å². The first-order chi connectivity index (χ1) is 8.18. The van der Waals surface area contributed by atoms with Crippen molar-refractivity contribution < 1.29 is 18.7 Å². The smallest absolute Gasteiger partial charge is 0.315 e. The minimum Gasteiger partial charge on any atom is -0.489 e. The maximum atomic E-state index is 13.3. The predicted octanol–water partition coefficient (Wildman–Crippen LogP) is 2.55. The molecule has 0 saturated heterocycles. The fraction of sp³-hybridized carbons (Fsp3) is 0.462. The molecule has 0 aromatic heterocycles. The molecule has 1 aromatic rings. The third kappa shape index (κ3) is 2.57. The van der Waals surface area contributed by atoms with Crippen LogP contribution in [0.2, 0.25) is 0 Å². The van der Waals surface area contributed by atoms with E-state index in [-0.39, 0.29) is 18.3 Å². The van der Waals surface area contributed by atoms with E-state index < -0.39 is 11.2 Å². The van der Waals surface area contributed by atoms with Gasteiger partial charge in [-0.05, 0) is 31.9 Å². The predicted molar refractivity (Wildman–Crippen MR) is 60.2 cm³/mol. The molecule has 0 N–H and O–H groups in total. The first-order valence-electron chi connectivity index (χ1n) is 5.72. The number of hydrogen-bond donors (Lipinski definition) is 0. The average molecular weight is 238 g/mol. The number of hydrogen-bond acceptors (Lipinski definition) is 3. The lowest BCUT2D eigenvalue weighted by Crippen LogP contribution is -2.25. The van der Waals surface area contributed by atoms with Gasteiger partial charge in [-0.1, -0.05) is 12.1 Å². The number of ether oxygens (including phenoxy) is 2. The molecule has 17 heavy (non-hydrogen) atoms. The van der Waals surface area contributed by atoms with Crippen LogP contribution in [0.3, 0.4) is 0 Å². The Bertz CT molecular complexity index is 413. The Morgan fingerprint density at radius 2 is 2.12 bits per heavy atom. The van der Waals surface area contributed by atoms with E-state index in [9.17, 15) is 9.18 Å². The highest BCUT2D eigenvalue weighted by atomic mass is 19.1. The summed E-state index contributed by atoms with van der Waals surface area (Å²) in [5, 5.41) is 0. The summed E-state index contributed by atoms with van der Waals surface area (Å²) in [5.41, 5.74) is -0.543. The molecule has 2 rings (SSSR count). The second-order valence-electron chi connectivity index (χ2n) is 4.22. The van der Waals surface area contributed by atoms with E-state index in [1.54, 1.807) is 25.1 Å². The molecule has 0 atom stereocenters. The topological polar surface area (TPSA) is 35.5 Å². The molecule has 3 nitrogen and oxygen atoms in total. The highest BCUT2D eigenvalue weighted by Gasteiger charge is 2.52. The van der Waals surface area contributed by atoms with E-state index in [1.807, 2.05) is 0 Å². The standard InChI is InChI=1S/C13H15FO3/c1-2-16-12(15)13(7-8-13)9-17-11-6-4-3-5-10(11)14/h3-6H,2,7-9H2,1H3. The van der Waals surface area contributed by atoms with E-state index in [1.165, 1.54) is 6.07 Å². The van der Waals surface area contributed by atoms with E-state index in [4.69, 9.17) is 9.47 Å². The van der Waals surface area contributed by atoms with Crippen LogP contribution in [0, 0.1) is 11.2 Å². The number of rotatable bonds is 5. The SMILES string of the molecule is CCOC(=O)C1(COc2ccccc2F)CC1. The maximum absolute atomic E-state index is 13.3. The van der Waals surface area contributed by atoms with Gasteiger partial charge in [0.05, 0.1) is 6.61 Å². The minimum atomic E-state index is -0.543. The molecule has 1 aliphatic carbocycles. The summed E-state index contributed by atoms with van der Waals surface area (Å²) in [7, 11) is 0. The van der Waals surface area contributed by atoms with Crippen LogP contribution in [-0.4, -0.2) is 19.2 Å². The van der Waals surface area contributed by atoms with Gasteiger partial charge in [-0.2, -0.15) is 0 Å². The van der Waals surface area contributed by atoms with Gasteiger partial charge >= 0.3 is 5.97 Å². The first kappa shape index (κ1) is 11.9. The summed E-state index contributed by atoms with van der Waals surface area (Å²) in [6, 6.07) is 6.18. The zero-order valence-corrected chi connectivity index (χ0v) is 9.74. The Morgan fingerprint density at radius 3 is 2.71 bits per heavy atom. The van der Waals surface area contributed by atoms with E-state index >= 15 is 0 Å². The number of carbonyl (C=O) groups is 1. The molecule has 4 heteroatoms. The van der Waals surface area contributed by atoms with Gasteiger partial charge in [0, 0.05) is 0 Å². The van der Waals surface area contributed by atoms with Crippen LogP contribution in [-0.2, 0) is 9.53 Å². The molecule has 1 aliphatic rings. The molecular formula is C13H15FO3. The number of carbonyl (C=O) groups excluding carboxylic acids is 1. The number of halogens is 1. The van der Waals surface area contributed by atoms with Crippen molar-refractivity contribution >= 4 is 5.97 Å². The Hall–Kier alpha value is -1.58. The quantitative estimate of drug-likeness (QED) is 0.739. The zero-order valence-electron chi connectivity index (χ0n) is 9.74. The summed E-state index contributed by atoms with van der Waals surface area (Å²) >= 11 is 0. The molecule has 0 heterocycles. The molecule has 1 saturated carbocycles. The summed E-state index contributed by atoms with van der Waals surface area (Å²) in [5.74, 6) is -0.466. The molecule has 1 aromatic carbocycles. The second-order valence-corrected chi connectivity index (χ2v) is 4.22. The maximum Gasteiger partial charge on any atom is 0.315 e. The second kappa shape index (κ2) is 4.73. The number of para-hydroxylation sites is 1. The zero-order chi connectivity index (χ0) is 12.3. The minimum absolute atomic E-state index is 0.183. The fourth-order valence-electron chi connectivity index (χ4n) is 1.62. The van der Waals surface area contributed by atoms with Gasteiger partial charge in [0.1, 0.15) is 12.0 Å². The van der Waals surface area contributed by atoms with Gasteiger partial charge in [-0.25, -0.2) is 4.39 Å². The lowest BCUT2D eigenvalue weighted by molar-refractivity contribution is -0.150. The molecule has 0 amide bonds. The summed E-state index contributed by atoms with van der Waals surface area (Å²) < 4.78 is 23.6. The van der Waals surface area contributed by atoms with Gasteiger partial charge in [-0.15, -0.1) is 0 Å². The van der Waals surface area contributed by atoms with Crippen molar-refractivity contribution in [1.82, 2.24) is 0 Å². The Balaban J connectivity index is 1.95. The lowest BCUT2D eigenvalue weighted by Gasteiger charge is -2.15. The number of benzene rings is 1. The van der Waals surface area contributed by atoms with Gasteiger partial charge in [0.25, 0.3) is 0 Å². The summed E-state index contributed by atoms with van der Waals surface area (Å²) in [6.45, 7) is 2.32. The molecule has 0 radical (unpaired) electrons. The molecule has 0 spiro atoms. The van der Waals surface area contributed by atoms with Crippen LogP contribution in [0.4, 0.5) is 4.39 Å². The molecular weight excluding hydrogens is 223 g/mol. The van der Waals surface area contributed by atoms with E-state index in [0.717, 1.165) is 12.8 Å². The lowest BCUT2D eigenvalue weighted by atomic mass is 10.1. The highest BCUT2D eigenvalue weighted by Crippen LogP contribution is 2.47. The fourth-order valence-corrected chi connectivity index (χ4v) is 1.62. The Morgan fingerprint density at radius 1 is 1.41 bits per heavy atom. The van der Waals surface area contributed by atoms with Crippen LogP contribution in [0.1, 0.15) is 19.8 Å². The third-order valence-electron chi connectivity index (χ3n) is 2.90. The van der Waals surface area contributed by atoms with Crippen molar-refractivity contribution in [2.45, 2.75) is 19.8 Å². The van der Waals surface area contributed by atoms with Crippen molar-refractivity contribution in [3.05, 3.63) is 30.1 Å². The summed E-state index contributed by atoms with van der Waals surface area (Å²) in [4.78, 5) is 11.6. The number of esters is 1. The van der Waals surface area contributed by atoms with Crippen molar-refractivity contribution in [2.24, 2.45) is 5.41 Å². The summed E-state index contributed by atoms with van der Waals surface area (Å²) in [6.07, 6.45) is 1.50. The Kier molecular flexibility index (Phi) is 3.31. The molecule has 0 bridgehead atoms. The van der Waals surface area contributed by atoms with Crippen molar-refractivity contribution in [2.75, 3.05) is 13.2 Å². The largest absolute Gasteiger partial charge is 0.489 e. The Labute approximate surface area is 99.5 Å². The molecule has 0 unspecified atom stereocenters. The van der Waals surface area contributed by atoms with Crippen LogP contribution in [0.5, 0.6) is 5.75 Å². The van der Waals surface area contributed by atoms with Crippen LogP contribution >= 0.6 is 0 Å². The molecule has 92 valence electrons. The van der Waals surface area contributed by atoms with Gasteiger partial charge in [0.15, 0.2) is 11.6 Å². The van der Waals surface area contributed by atoms with E-state index in [0.29, 0.717) is 6.61 Å². The van der Waals surface area contributed by atoms with Gasteiger partial charge in [0.2, 0.25) is 0 Å². The first-order valence-corrected chi connectivity index (χ1v) is 5.72. The van der Waals surface area contributed by atoms with Crippen LogP contribution in [0.25, 0.3) is 0 Å². The van der Waals surface area contributed by atoms with Gasteiger partial charge in [-0.3, -0.25) is 4.79 Å². The van der Waals surface area contributed by atoms with Crippen molar-refractivity contribution in [3.63, 3.8) is 0 Å². The molecule has 1 fully saturated rings. The third-order valence-corrected chi connectivity index (χ3v) is 2.90. The normalized spacial score (nSPS) is 16.4. The van der Waals surface area contributed by atoms with Crippen LogP contribution < -0.4 is 4.74 Å². The monoisotopic (exact) mass is 238 g/mol. The average Bonchev–Trinajstić information content (AvgIpc) is 3.10. The van der Waals surface area contributed by atoms with Gasteiger partial charge < -0.3 is 9.47 Å². The van der Waals surface area contributed by atoms with E-state index in [2.05, 4.69) is 0 Å². The van der Waals surface area contributed by atoms with Crippen molar-refractivity contribution in [3.8, 4) is 5.75 Å². The molecule has 0 aliphatic heterocycles. The highest BCUT2D eigenvalue weighted by molar-refractivity contribution is 5.80. The van der Waals surface area contributed by atoms with Crippen molar-refractivity contribution in [1.29, 1.82) is 0 Å².